The molecule has 0 saturated carbocycles. The van der Waals surface area contributed by atoms with Gasteiger partial charge >= 0.3 is 6.03 Å². The summed E-state index contributed by atoms with van der Waals surface area (Å²) < 4.78 is 0. The molecule has 2 atom stereocenters. The van der Waals surface area contributed by atoms with E-state index in [4.69, 9.17) is 4.99 Å². The number of rotatable bonds is 3. The van der Waals surface area contributed by atoms with Gasteiger partial charge in [0.05, 0.1) is 34.4 Å². The zero-order chi connectivity index (χ0) is 26.3. The molecule has 1 N–H and O–H groups in total. The number of nitrogens with zero attached hydrogens (tertiary/aromatic N) is 3. The second-order valence-corrected chi connectivity index (χ2v) is 10.7. The first-order valence-electron chi connectivity index (χ1n) is 12.8. The lowest BCUT2D eigenvalue weighted by molar-refractivity contribution is -0.130. The summed E-state index contributed by atoms with van der Waals surface area (Å²) >= 11 is 1.53. The van der Waals surface area contributed by atoms with E-state index in [2.05, 4.69) is 11.5 Å². The molecule has 1 fully saturated rings. The highest BCUT2D eigenvalue weighted by Gasteiger charge is 2.45. The molecule has 3 aliphatic rings. The number of nitrogens with one attached hydrogen (secondary N) is 1. The number of thioether (sulfide) groups is 1. The fourth-order valence-corrected chi connectivity index (χ4v) is 6.74. The van der Waals surface area contributed by atoms with E-state index in [1.807, 2.05) is 109 Å². The SMILES string of the molecule is O=C(NN1C(=O)CSC1C1C(c2ccccc2)=Nc2ccccc21)N1c2ccccc2C=Cc2ccccc21. The molecule has 0 spiro atoms. The van der Waals surface area contributed by atoms with Crippen molar-refractivity contribution in [2.24, 2.45) is 4.99 Å². The zero-order valence-corrected chi connectivity index (χ0v) is 21.7. The van der Waals surface area contributed by atoms with Crippen LogP contribution in [0.25, 0.3) is 12.2 Å². The first kappa shape index (κ1) is 23.5. The summed E-state index contributed by atoms with van der Waals surface area (Å²) in [6.07, 6.45) is 4.03. The number of anilines is 2. The molecule has 0 bridgehead atoms. The fraction of sp³-hybridized carbons (Fsp3) is 0.0938. The van der Waals surface area contributed by atoms with Crippen LogP contribution in [-0.4, -0.2) is 33.8 Å². The summed E-state index contributed by atoms with van der Waals surface area (Å²) in [5.41, 5.74) is 10.2. The molecule has 39 heavy (non-hydrogen) atoms. The van der Waals surface area contributed by atoms with Gasteiger partial charge in [0.1, 0.15) is 5.37 Å². The summed E-state index contributed by atoms with van der Waals surface area (Å²) in [4.78, 5) is 34.0. The number of benzene rings is 4. The number of fused-ring (bicyclic) bond motifs is 3. The number of aliphatic imine (C=N–C) groups is 1. The first-order valence-corrected chi connectivity index (χ1v) is 13.9. The highest BCUT2D eigenvalue weighted by atomic mass is 32.2. The Morgan fingerprint density at radius 1 is 0.795 bits per heavy atom. The van der Waals surface area contributed by atoms with Crippen molar-refractivity contribution in [3.8, 4) is 0 Å². The van der Waals surface area contributed by atoms with Gasteiger partial charge in [-0.15, -0.1) is 11.8 Å². The van der Waals surface area contributed by atoms with E-state index >= 15 is 0 Å². The van der Waals surface area contributed by atoms with Gasteiger partial charge in [0.2, 0.25) is 0 Å². The molecule has 0 radical (unpaired) electrons. The molecule has 4 aromatic rings. The average Bonchev–Trinajstić information content (AvgIpc) is 3.47. The molecule has 0 aliphatic carbocycles. The average molecular weight is 529 g/mol. The van der Waals surface area contributed by atoms with E-state index in [0.29, 0.717) is 0 Å². The second kappa shape index (κ2) is 9.60. The van der Waals surface area contributed by atoms with Crippen LogP contribution >= 0.6 is 11.8 Å². The van der Waals surface area contributed by atoms with Crippen LogP contribution < -0.4 is 10.3 Å². The predicted octanol–water partition coefficient (Wildman–Crippen LogP) is 6.75. The summed E-state index contributed by atoms with van der Waals surface area (Å²) in [6.45, 7) is 0. The Bertz CT molecular complexity index is 1620. The summed E-state index contributed by atoms with van der Waals surface area (Å²) in [5, 5.41) is 1.17. The molecule has 6 nitrogen and oxygen atoms in total. The largest absolute Gasteiger partial charge is 0.345 e. The molecule has 3 heterocycles. The maximum Gasteiger partial charge on any atom is 0.345 e. The van der Waals surface area contributed by atoms with Crippen LogP contribution in [-0.2, 0) is 4.79 Å². The van der Waals surface area contributed by atoms with E-state index in [-0.39, 0.29) is 29.0 Å². The van der Waals surface area contributed by atoms with Crippen LogP contribution in [0.1, 0.15) is 28.2 Å². The number of hydrogen-bond acceptors (Lipinski definition) is 4. The van der Waals surface area contributed by atoms with Crippen molar-refractivity contribution < 1.29 is 9.59 Å². The molecule has 2 unspecified atom stereocenters. The predicted molar refractivity (Wildman–Crippen MR) is 157 cm³/mol. The molecule has 190 valence electrons. The number of urea groups is 1. The summed E-state index contributed by atoms with van der Waals surface area (Å²) in [5.74, 6) is -0.0455. The van der Waals surface area contributed by atoms with Gasteiger partial charge in [0.25, 0.3) is 5.91 Å². The quantitative estimate of drug-likeness (QED) is 0.320. The lowest BCUT2D eigenvalue weighted by atomic mass is 9.91. The Balaban J connectivity index is 1.26. The third-order valence-corrected chi connectivity index (χ3v) is 8.52. The Labute approximate surface area is 230 Å². The topological polar surface area (TPSA) is 65.0 Å². The van der Waals surface area contributed by atoms with Crippen molar-refractivity contribution in [2.45, 2.75) is 11.3 Å². The van der Waals surface area contributed by atoms with Crippen LogP contribution in [0.5, 0.6) is 0 Å². The van der Waals surface area contributed by atoms with Crippen LogP contribution in [0.15, 0.2) is 108 Å². The standard InChI is InChI=1S/C32H24N4O2S/c37-28-20-39-31(29-24-14-6-7-15-25(24)33-30(29)23-12-2-1-3-13-23)36(28)34-32(38)35-26-16-8-4-10-21(26)18-19-22-11-5-9-17-27(22)35/h1-19,29,31H,20H2,(H,34,38). The fourth-order valence-electron chi connectivity index (χ4n) is 5.50. The Kier molecular flexibility index (Phi) is 5.78. The molecule has 1 saturated heterocycles. The third kappa shape index (κ3) is 4.02. The lowest BCUT2D eigenvalue weighted by Gasteiger charge is -2.33. The molecular formula is C32H24N4O2S. The Morgan fingerprint density at radius 3 is 2.13 bits per heavy atom. The summed E-state index contributed by atoms with van der Waals surface area (Å²) in [6, 6.07) is 33.2. The molecule has 7 rings (SSSR count). The minimum atomic E-state index is -0.385. The van der Waals surface area contributed by atoms with E-state index in [0.717, 1.165) is 45.0 Å². The van der Waals surface area contributed by atoms with Crippen LogP contribution in [0, 0.1) is 0 Å². The molecule has 7 heteroatoms. The Morgan fingerprint density at radius 2 is 1.41 bits per heavy atom. The van der Waals surface area contributed by atoms with Crippen molar-refractivity contribution in [3.63, 3.8) is 0 Å². The number of carbonyl (C=O) groups is 2. The van der Waals surface area contributed by atoms with Gasteiger partial charge in [-0.25, -0.2) is 15.2 Å². The van der Waals surface area contributed by atoms with Gasteiger partial charge in [-0.1, -0.05) is 97.1 Å². The van der Waals surface area contributed by atoms with Gasteiger partial charge < -0.3 is 0 Å². The summed E-state index contributed by atoms with van der Waals surface area (Å²) in [7, 11) is 0. The van der Waals surface area contributed by atoms with E-state index < -0.39 is 0 Å². The zero-order valence-electron chi connectivity index (χ0n) is 20.9. The van der Waals surface area contributed by atoms with Crippen molar-refractivity contribution in [3.05, 3.63) is 125 Å². The normalized spacial score (nSPS) is 19.2. The van der Waals surface area contributed by atoms with E-state index in [1.54, 1.807) is 4.90 Å². The minimum Gasteiger partial charge on any atom is -0.272 e. The maximum atomic E-state index is 14.1. The number of carbonyl (C=O) groups excluding carboxylic acids is 2. The van der Waals surface area contributed by atoms with Crippen molar-refractivity contribution in [1.29, 1.82) is 0 Å². The van der Waals surface area contributed by atoms with Gasteiger partial charge in [0.15, 0.2) is 0 Å². The molecular weight excluding hydrogens is 504 g/mol. The number of amides is 3. The van der Waals surface area contributed by atoms with Gasteiger partial charge in [0, 0.05) is 0 Å². The van der Waals surface area contributed by atoms with E-state index in [1.165, 1.54) is 16.8 Å². The minimum absolute atomic E-state index is 0.135. The van der Waals surface area contributed by atoms with Gasteiger partial charge in [-0.05, 0) is 40.5 Å². The highest BCUT2D eigenvalue weighted by Crippen LogP contribution is 2.46. The molecule has 4 aromatic carbocycles. The molecule has 3 amide bonds. The number of para-hydroxylation sites is 3. The monoisotopic (exact) mass is 528 g/mol. The second-order valence-electron chi connectivity index (χ2n) is 9.57. The Hall–Kier alpha value is -4.62. The van der Waals surface area contributed by atoms with Crippen LogP contribution in [0.3, 0.4) is 0 Å². The number of hydrogen-bond donors (Lipinski definition) is 1. The smallest absolute Gasteiger partial charge is 0.272 e. The highest BCUT2D eigenvalue weighted by molar-refractivity contribution is 8.01. The third-order valence-electron chi connectivity index (χ3n) is 7.28. The van der Waals surface area contributed by atoms with Crippen molar-refractivity contribution in [2.75, 3.05) is 10.7 Å². The first-order chi connectivity index (χ1) is 19.2. The van der Waals surface area contributed by atoms with Crippen LogP contribution in [0.2, 0.25) is 0 Å². The lowest BCUT2D eigenvalue weighted by Crippen LogP contribution is -2.53. The molecule has 0 aromatic heterocycles. The maximum absolute atomic E-state index is 14.1. The van der Waals surface area contributed by atoms with Gasteiger partial charge in [-0.2, -0.15) is 0 Å². The van der Waals surface area contributed by atoms with Crippen LogP contribution in [0.4, 0.5) is 21.9 Å². The van der Waals surface area contributed by atoms with E-state index in [9.17, 15) is 9.59 Å². The van der Waals surface area contributed by atoms with Crippen molar-refractivity contribution in [1.82, 2.24) is 10.4 Å². The van der Waals surface area contributed by atoms with Crippen molar-refractivity contribution >= 4 is 58.6 Å². The number of hydrazine groups is 1. The molecule has 3 aliphatic heterocycles. The van der Waals surface area contributed by atoms with Gasteiger partial charge in [-0.3, -0.25) is 14.7 Å².